The van der Waals surface area contributed by atoms with E-state index in [2.05, 4.69) is 10.0 Å². The Balaban J connectivity index is 2.81. The van der Waals surface area contributed by atoms with Crippen LogP contribution in [0.3, 0.4) is 0 Å². The highest BCUT2D eigenvalue weighted by atomic mass is 16.6. The molecule has 0 aliphatic carbocycles. The molecular formula is C10H16N4O4. The Morgan fingerprint density at radius 2 is 2.11 bits per heavy atom. The van der Waals surface area contributed by atoms with Crippen LogP contribution in [-0.4, -0.2) is 46.3 Å². The molecule has 1 aliphatic heterocycles. The van der Waals surface area contributed by atoms with Crippen molar-refractivity contribution >= 4 is 12.1 Å². The van der Waals surface area contributed by atoms with Crippen molar-refractivity contribution < 1.29 is 19.4 Å². The standard InChI is InChI=1S/C10H16N4O4/c1-10(2,3)18-9(17)14-5-6(12-13-11)4-7(14)8(15)16/h6-7H,4-5H2,1-3H3,(H,15,16)/t6?,7-/m1/s1. The Bertz CT molecular complexity index is 397. The van der Waals surface area contributed by atoms with Crippen molar-refractivity contribution in [3.63, 3.8) is 0 Å². The van der Waals surface area contributed by atoms with Crippen LogP contribution in [0.1, 0.15) is 27.2 Å². The number of nitrogens with zero attached hydrogens (tertiary/aromatic N) is 4. The fourth-order valence-corrected chi connectivity index (χ4v) is 1.73. The van der Waals surface area contributed by atoms with E-state index in [-0.39, 0.29) is 13.0 Å². The van der Waals surface area contributed by atoms with E-state index in [1.54, 1.807) is 20.8 Å². The molecule has 2 atom stereocenters. The van der Waals surface area contributed by atoms with Crippen molar-refractivity contribution in [2.24, 2.45) is 5.11 Å². The number of aliphatic carboxylic acids is 1. The third-order valence-corrected chi connectivity index (χ3v) is 2.41. The molecule has 0 aromatic rings. The summed E-state index contributed by atoms with van der Waals surface area (Å²) in [6.07, 6.45) is -0.593. The van der Waals surface area contributed by atoms with Crippen molar-refractivity contribution in [1.29, 1.82) is 0 Å². The summed E-state index contributed by atoms with van der Waals surface area (Å²) in [5.41, 5.74) is 7.64. The summed E-state index contributed by atoms with van der Waals surface area (Å²) in [7, 11) is 0. The van der Waals surface area contributed by atoms with Gasteiger partial charge in [-0.3, -0.25) is 4.90 Å². The summed E-state index contributed by atoms with van der Waals surface area (Å²) in [5.74, 6) is -1.13. The lowest BCUT2D eigenvalue weighted by Crippen LogP contribution is -2.43. The summed E-state index contributed by atoms with van der Waals surface area (Å²) in [5, 5.41) is 12.5. The maximum Gasteiger partial charge on any atom is 0.411 e. The smallest absolute Gasteiger partial charge is 0.411 e. The average molecular weight is 256 g/mol. The van der Waals surface area contributed by atoms with E-state index in [1.165, 1.54) is 0 Å². The minimum absolute atomic E-state index is 0.0654. The average Bonchev–Trinajstić information content (AvgIpc) is 2.59. The quantitative estimate of drug-likeness (QED) is 0.460. The van der Waals surface area contributed by atoms with Crippen LogP contribution < -0.4 is 0 Å². The molecule has 0 bridgehead atoms. The van der Waals surface area contributed by atoms with Crippen LogP contribution in [-0.2, 0) is 9.53 Å². The van der Waals surface area contributed by atoms with E-state index in [4.69, 9.17) is 15.4 Å². The van der Waals surface area contributed by atoms with Gasteiger partial charge in [-0.25, -0.2) is 9.59 Å². The minimum Gasteiger partial charge on any atom is -0.480 e. The van der Waals surface area contributed by atoms with Crippen LogP contribution >= 0.6 is 0 Å². The molecule has 100 valence electrons. The van der Waals surface area contributed by atoms with Gasteiger partial charge in [0.1, 0.15) is 11.6 Å². The molecule has 1 saturated heterocycles. The van der Waals surface area contributed by atoms with Gasteiger partial charge in [0.2, 0.25) is 0 Å². The molecule has 8 nitrogen and oxygen atoms in total. The van der Waals surface area contributed by atoms with E-state index >= 15 is 0 Å². The number of hydrogen-bond donors (Lipinski definition) is 1. The second-order valence-electron chi connectivity index (χ2n) is 5.08. The molecule has 1 aliphatic rings. The Morgan fingerprint density at radius 1 is 1.50 bits per heavy atom. The van der Waals surface area contributed by atoms with Gasteiger partial charge in [-0.1, -0.05) is 5.11 Å². The monoisotopic (exact) mass is 256 g/mol. The summed E-state index contributed by atoms with van der Waals surface area (Å²) < 4.78 is 5.12. The maximum absolute atomic E-state index is 11.8. The molecular weight excluding hydrogens is 240 g/mol. The van der Waals surface area contributed by atoms with Gasteiger partial charge < -0.3 is 9.84 Å². The van der Waals surface area contributed by atoms with Crippen molar-refractivity contribution in [3.05, 3.63) is 10.4 Å². The lowest BCUT2D eigenvalue weighted by molar-refractivity contribution is -0.142. The Morgan fingerprint density at radius 3 is 2.56 bits per heavy atom. The van der Waals surface area contributed by atoms with Gasteiger partial charge in [0.25, 0.3) is 0 Å². The Hall–Kier alpha value is -1.95. The third kappa shape index (κ3) is 3.53. The van der Waals surface area contributed by atoms with Crippen molar-refractivity contribution in [1.82, 2.24) is 4.90 Å². The molecule has 18 heavy (non-hydrogen) atoms. The van der Waals surface area contributed by atoms with Gasteiger partial charge >= 0.3 is 12.1 Å². The number of ether oxygens (including phenoxy) is 1. The summed E-state index contributed by atoms with van der Waals surface area (Å²) in [6, 6.07) is -1.53. The van der Waals surface area contributed by atoms with Crippen LogP contribution in [0.15, 0.2) is 5.11 Å². The number of hydrogen-bond acceptors (Lipinski definition) is 4. The first-order valence-electron chi connectivity index (χ1n) is 5.51. The molecule has 1 fully saturated rings. The first-order chi connectivity index (χ1) is 8.24. The SMILES string of the molecule is CC(C)(C)OC(=O)N1CC(N=[N+]=[N-])C[C@@H]1C(=O)O. The summed E-state index contributed by atoms with van der Waals surface area (Å²) in [6.45, 7) is 5.15. The van der Waals surface area contributed by atoms with Gasteiger partial charge in [0, 0.05) is 11.5 Å². The molecule has 1 heterocycles. The fourth-order valence-electron chi connectivity index (χ4n) is 1.73. The summed E-state index contributed by atoms with van der Waals surface area (Å²) >= 11 is 0. The van der Waals surface area contributed by atoms with E-state index in [0.29, 0.717) is 0 Å². The van der Waals surface area contributed by atoms with Crippen LogP contribution in [0.2, 0.25) is 0 Å². The highest BCUT2D eigenvalue weighted by Crippen LogP contribution is 2.23. The highest BCUT2D eigenvalue weighted by Gasteiger charge is 2.41. The zero-order valence-corrected chi connectivity index (χ0v) is 10.5. The van der Waals surface area contributed by atoms with Gasteiger partial charge in [-0.15, -0.1) is 0 Å². The molecule has 0 aromatic heterocycles. The number of carbonyl (C=O) groups is 2. The lowest BCUT2D eigenvalue weighted by atomic mass is 10.2. The lowest BCUT2D eigenvalue weighted by Gasteiger charge is -2.26. The number of amides is 1. The number of azide groups is 1. The van der Waals surface area contributed by atoms with E-state index in [9.17, 15) is 9.59 Å². The van der Waals surface area contributed by atoms with Crippen molar-refractivity contribution in [2.45, 2.75) is 44.9 Å². The second-order valence-corrected chi connectivity index (χ2v) is 5.08. The van der Waals surface area contributed by atoms with Gasteiger partial charge in [-0.05, 0) is 32.7 Å². The molecule has 0 saturated carbocycles. The molecule has 1 unspecified atom stereocenters. The first kappa shape index (κ1) is 14.1. The van der Waals surface area contributed by atoms with E-state index in [1.807, 2.05) is 0 Å². The highest BCUT2D eigenvalue weighted by molar-refractivity contribution is 5.81. The van der Waals surface area contributed by atoms with E-state index in [0.717, 1.165) is 4.90 Å². The first-order valence-corrected chi connectivity index (χ1v) is 5.51. The van der Waals surface area contributed by atoms with Crippen LogP contribution in [0.5, 0.6) is 0 Å². The minimum atomic E-state index is -1.13. The van der Waals surface area contributed by atoms with Crippen molar-refractivity contribution in [2.75, 3.05) is 6.54 Å². The predicted molar refractivity (Wildman–Crippen MR) is 61.9 cm³/mol. The number of carboxylic acid groups (broad SMARTS) is 1. The molecule has 0 aromatic carbocycles. The third-order valence-electron chi connectivity index (χ3n) is 2.41. The molecule has 1 N–H and O–H groups in total. The predicted octanol–water partition coefficient (Wildman–Crippen LogP) is 1.76. The van der Waals surface area contributed by atoms with Crippen LogP contribution in [0.25, 0.3) is 10.4 Å². The topological polar surface area (TPSA) is 116 Å². The number of carboxylic acids is 1. The molecule has 8 heteroatoms. The number of rotatable bonds is 2. The van der Waals surface area contributed by atoms with E-state index < -0.39 is 29.7 Å². The van der Waals surface area contributed by atoms with Gasteiger partial charge in [-0.2, -0.15) is 0 Å². The molecule has 1 amide bonds. The second kappa shape index (κ2) is 5.14. The van der Waals surface area contributed by atoms with Crippen LogP contribution in [0.4, 0.5) is 4.79 Å². The van der Waals surface area contributed by atoms with Gasteiger partial charge in [0.15, 0.2) is 0 Å². The Kier molecular flexibility index (Phi) is 4.03. The van der Waals surface area contributed by atoms with Gasteiger partial charge in [0.05, 0.1) is 6.04 Å². The number of likely N-dealkylation sites (tertiary alicyclic amines) is 1. The molecule has 0 spiro atoms. The molecule has 1 rings (SSSR count). The number of carbonyl (C=O) groups excluding carboxylic acids is 1. The van der Waals surface area contributed by atoms with Crippen LogP contribution in [0, 0.1) is 0 Å². The largest absolute Gasteiger partial charge is 0.480 e. The fraction of sp³-hybridized carbons (Fsp3) is 0.800. The zero-order valence-electron chi connectivity index (χ0n) is 10.5. The normalized spacial score (nSPS) is 23.4. The zero-order chi connectivity index (χ0) is 13.9. The molecule has 0 radical (unpaired) electrons. The Labute approximate surface area is 104 Å². The van der Waals surface area contributed by atoms with Crippen molar-refractivity contribution in [3.8, 4) is 0 Å². The summed E-state index contributed by atoms with van der Waals surface area (Å²) in [4.78, 5) is 26.6. The maximum atomic E-state index is 11.8.